The highest BCUT2D eigenvalue weighted by Crippen LogP contribution is 2.46. The van der Waals surface area contributed by atoms with Crippen molar-refractivity contribution in [1.82, 2.24) is 0 Å². The first kappa shape index (κ1) is 20.5. The molecule has 2 nitrogen and oxygen atoms in total. The van der Waals surface area contributed by atoms with Crippen molar-refractivity contribution in [2.45, 2.75) is 32.1 Å². The molecule has 1 aliphatic heterocycles. The molecule has 0 amide bonds. The van der Waals surface area contributed by atoms with E-state index >= 15 is 0 Å². The Kier molecular flexibility index (Phi) is 5.83. The van der Waals surface area contributed by atoms with Crippen molar-refractivity contribution in [1.29, 1.82) is 0 Å². The van der Waals surface area contributed by atoms with Crippen LogP contribution in [0.1, 0.15) is 30.0 Å². The molecule has 4 rings (SSSR count). The molecule has 0 saturated heterocycles. The van der Waals surface area contributed by atoms with Crippen LogP contribution in [0.25, 0.3) is 17.0 Å². The molecule has 0 unspecified atom stereocenters. The number of pyridine rings is 1. The molecule has 152 valence electrons. The van der Waals surface area contributed by atoms with E-state index in [0.29, 0.717) is 0 Å². The van der Waals surface area contributed by atoms with E-state index < -0.39 is 0 Å². The second kappa shape index (κ2) is 8.53. The van der Waals surface area contributed by atoms with E-state index in [0.717, 1.165) is 6.42 Å². The maximum absolute atomic E-state index is 2.30. The van der Waals surface area contributed by atoms with E-state index in [9.17, 15) is 0 Å². The largest absolute Gasteiger partial charge is 0.338 e. The number of allylic oxidation sites excluding steroid dienone is 4. The molecule has 3 aromatic rings. The maximum atomic E-state index is 2.30. The number of thioether (sulfide) groups is 1. The molecule has 2 aromatic carbocycles. The fraction of sp³-hybridized carbons (Fsp3) is 0.222. The number of aromatic nitrogens is 1. The number of nitrogens with zero attached hydrogens (tertiary/aromatic N) is 2. The van der Waals surface area contributed by atoms with Crippen LogP contribution in [0.2, 0.25) is 0 Å². The average molecular weight is 414 g/mol. The standard InChI is InChI=1S/C27H29N2S/c1-6-21(11-13-22-15-16-28(4)24-10-8-7-9-23(22)24)12-14-27-29(5)25-17-19(2)20(3)18-26(25)30-27/h7-18H,6H2,1-5H3/q+1. The molecule has 1 aliphatic rings. The molecule has 0 saturated carbocycles. The fourth-order valence-corrected chi connectivity index (χ4v) is 4.90. The average Bonchev–Trinajstić information content (AvgIpc) is 3.05. The molecule has 0 bridgehead atoms. The highest BCUT2D eigenvalue weighted by atomic mass is 32.2. The lowest BCUT2D eigenvalue weighted by atomic mass is 10.1. The minimum atomic E-state index is 0.998. The summed E-state index contributed by atoms with van der Waals surface area (Å²) in [4.78, 5) is 3.64. The van der Waals surface area contributed by atoms with Gasteiger partial charge in [0.25, 0.3) is 0 Å². The zero-order chi connectivity index (χ0) is 21.3. The van der Waals surface area contributed by atoms with Crippen molar-refractivity contribution in [3.05, 3.63) is 94.2 Å². The van der Waals surface area contributed by atoms with Gasteiger partial charge >= 0.3 is 0 Å². The van der Waals surface area contributed by atoms with E-state index in [1.165, 1.54) is 48.8 Å². The summed E-state index contributed by atoms with van der Waals surface area (Å²) >= 11 is 1.85. The minimum Gasteiger partial charge on any atom is -0.338 e. The lowest BCUT2D eigenvalue weighted by molar-refractivity contribution is -0.644. The van der Waals surface area contributed by atoms with Crippen LogP contribution in [0.3, 0.4) is 0 Å². The molecule has 0 atom stereocenters. The van der Waals surface area contributed by atoms with Gasteiger partial charge in [0.05, 0.1) is 16.1 Å². The third-order valence-corrected chi connectivity index (χ3v) is 7.05. The predicted octanol–water partition coefficient (Wildman–Crippen LogP) is 6.71. The summed E-state index contributed by atoms with van der Waals surface area (Å²) in [7, 11) is 4.25. The molecule has 30 heavy (non-hydrogen) atoms. The Bertz CT molecular complexity index is 1200. The van der Waals surface area contributed by atoms with Crippen molar-refractivity contribution in [2.75, 3.05) is 11.9 Å². The molecular formula is C27H29N2S+. The van der Waals surface area contributed by atoms with Crippen molar-refractivity contribution in [3.8, 4) is 0 Å². The van der Waals surface area contributed by atoms with Crippen LogP contribution < -0.4 is 9.47 Å². The highest BCUT2D eigenvalue weighted by Gasteiger charge is 2.22. The summed E-state index contributed by atoms with van der Waals surface area (Å²) in [6.07, 6.45) is 12.1. The van der Waals surface area contributed by atoms with Crippen LogP contribution in [0.15, 0.2) is 82.4 Å². The number of para-hydroxylation sites is 1. The Hall–Kier alpha value is -2.78. The second-order valence-corrected chi connectivity index (χ2v) is 8.96. The minimum absolute atomic E-state index is 0.998. The summed E-state index contributed by atoms with van der Waals surface area (Å²) in [5, 5.41) is 2.55. The molecular weight excluding hydrogens is 384 g/mol. The Morgan fingerprint density at radius 3 is 2.67 bits per heavy atom. The zero-order valence-electron chi connectivity index (χ0n) is 18.4. The number of hydrogen-bond donors (Lipinski definition) is 0. The van der Waals surface area contributed by atoms with Crippen LogP contribution in [-0.2, 0) is 7.05 Å². The summed E-state index contributed by atoms with van der Waals surface area (Å²) in [6, 6.07) is 15.3. The summed E-state index contributed by atoms with van der Waals surface area (Å²) in [5.74, 6) is 0. The molecule has 0 N–H and O–H groups in total. The van der Waals surface area contributed by atoms with Crippen LogP contribution in [-0.4, -0.2) is 7.05 Å². The van der Waals surface area contributed by atoms with E-state index in [-0.39, 0.29) is 0 Å². The van der Waals surface area contributed by atoms with Gasteiger partial charge in [-0.2, -0.15) is 0 Å². The quantitative estimate of drug-likeness (QED) is 0.346. The fourth-order valence-electron chi connectivity index (χ4n) is 3.76. The van der Waals surface area contributed by atoms with Crippen molar-refractivity contribution >= 4 is 34.4 Å². The lowest BCUT2D eigenvalue weighted by Crippen LogP contribution is -2.28. The SMILES string of the molecule is CCC(/C=C/c1cc[n+](C)c2ccccc12)=C\C=C1/Sc2cc(C)c(C)cc2N1C. The van der Waals surface area contributed by atoms with Gasteiger partial charge in [-0.1, -0.05) is 49.0 Å². The number of benzene rings is 2. The number of anilines is 1. The van der Waals surface area contributed by atoms with E-state index in [1.807, 2.05) is 11.8 Å². The first-order valence-corrected chi connectivity index (χ1v) is 11.3. The van der Waals surface area contributed by atoms with Gasteiger partial charge in [0.15, 0.2) is 6.20 Å². The zero-order valence-corrected chi connectivity index (χ0v) is 19.3. The van der Waals surface area contributed by atoms with E-state index in [2.05, 4.69) is 117 Å². The number of aryl methyl sites for hydroxylation is 3. The van der Waals surface area contributed by atoms with E-state index in [4.69, 9.17) is 0 Å². The Morgan fingerprint density at radius 2 is 1.87 bits per heavy atom. The van der Waals surface area contributed by atoms with Crippen LogP contribution in [0, 0.1) is 13.8 Å². The third kappa shape index (κ3) is 3.95. The Balaban J connectivity index is 1.60. The van der Waals surface area contributed by atoms with Gasteiger partial charge in [-0.05, 0) is 66.8 Å². The van der Waals surface area contributed by atoms with Crippen molar-refractivity contribution < 1.29 is 4.57 Å². The topological polar surface area (TPSA) is 7.12 Å². The van der Waals surface area contributed by atoms with Gasteiger partial charge in [-0.3, -0.25) is 0 Å². The first-order chi connectivity index (χ1) is 14.5. The molecule has 0 spiro atoms. The smallest absolute Gasteiger partial charge is 0.212 e. The molecule has 0 radical (unpaired) electrons. The lowest BCUT2D eigenvalue weighted by Gasteiger charge is -2.14. The van der Waals surface area contributed by atoms with Gasteiger partial charge in [0, 0.05) is 24.1 Å². The number of hydrogen-bond acceptors (Lipinski definition) is 2. The van der Waals surface area contributed by atoms with Gasteiger partial charge in [-0.25, -0.2) is 4.57 Å². The van der Waals surface area contributed by atoms with E-state index in [1.54, 1.807) is 0 Å². The molecule has 0 fully saturated rings. The van der Waals surface area contributed by atoms with Crippen LogP contribution in [0.5, 0.6) is 0 Å². The molecule has 0 aliphatic carbocycles. The first-order valence-electron chi connectivity index (χ1n) is 10.5. The Morgan fingerprint density at radius 1 is 1.10 bits per heavy atom. The van der Waals surface area contributed by atoms with Crippen LogP contribution >= 0.6 is 11.8 Å². The summed E-state index contributed by atoms with van der Waals surface area (Å²) in [5.41, 5.74) is 7.82. The number of fused-ring (bicyclic) bond motifs is 2. The number of rotatable bonds is 4. The monoisotopic (exact) mass is 413 g/mol. The predicted molar refractivity (Wildman–Crippen MR) is 131 cm³/mol. The second-order valence-electron chi connectivity index (χ2n) is 7.90. The molecule has 1 aromatic heterocycles. The normalized spacial score (nSPS) is 15.6. The highest BCUT2D eigenvalue weighted by molar-refractivity contribution is 8.03. The molecule has 3 heteroatoms. The third-order valence-electron chi connectivity index (χ3n) is 5.88. The van der Waals surface area contributed by atoms with Crippen molar-refractivity contribution in [2.24, 2.45) is 7.05 Å². The maximum Gasteiger partial charge on any atom is 0.212 e. The summed E-state index contributed by atoms with van der Waals surface area (Å²) < 4.78 is 2.17. The van der Waals surface area contributed by atoms with Gasteiger partial charge in [-0.15, -0.1) is 0 Å². The van der Waals surface area contributed by atoms with Crippen molar-refractivity contribution in [3.63, 3.8) is 0 Å². The Labute approximate surface area is 184 Å². The van der Waals surface area contributed by atoms with Gasteiger partial charge in [0.1, 0.15) is 7.05 Å². The summed E-state index contributed by atoms with van der Waals surface area (Å²) in [6.45, 7) is 6.58. The molecule has 2 heterocycles. The van der Waals surface area contributed by atoms with Gasteiger partial charge in [0.2, 0.25) is 5.52 Å². The van der Waals surface area contributed by atoms with Crippen LogP contribution in [0.4, 0.5) is 5.69 Å². The van der Waals surface area contributed by atoms with Gasteiger partial charge < -0.3 is 4.90 Å².